The fraction of sp³-hybridized carbons (Fsp3) is 0.174. The van der Waals surface area contributed by atoms with E-state index in [1.165, 1.54) is 16.4 Å². The summed E-state index contributed by atoms with van der Waals surface area (Å²) in [6, 6.07) is 22.9. The summed E-state index contributed by atoms with van der Waals surface area (Å²) in [5.41, 5.74) is 2.41. The number of nitrogens with one attached hydrogen (secondary N) is 1. The molecule has 0 saturated heterocycles. The molecular weight excluding hydrogens is 420 g/mol. The van der Waals surface area contributed by atoms with Crippen LogP contribution in [0.2, 0.25) is 5.02 Å². The number of amides is 1. The highest BCUT2D eigenvalue weighted by molar-refractivity contribution is 7.89. The van der Waals surface area contributed by atoms with Gasteiger partial charge in [0.05, 0.1) is 11.4 Å². The molecule has 1 amide bonds. The molecule has 0 aliphatic rings. The van der Waals surface area contributed by atoms with E-state index in [1.54, 1.807) is 36.4 Å². The third kappa shape index (κ3) is 5.69. The van der Waals surface area contributed by atoms with Gasteiger partial charge in [-0.05, 0) is 48.7 Å². The molecule has 0 atom stereocenters. The van der Waals surface area contributed by atoms with E-state index in [9.17, 15) is 13.2 Å². The van der Waals surface area contributed by atoms with Crippen LogP contribution >= 0.6 is 11.6 Å². The van der Waals surface area contributed by atoms with E-state index >= 15 is 0 Å². The normalized spacial score (nSPS) is 11.4. The summed E-state index contributed by atoms with van der Waals surface area (Å²) in [5.74, 6) is -0.428. The van der Waals surface area contributed by atoms with Crippen LogP contribution < -0.4 is 5.32 Å². The van der Waals surface area contributed by atoms with Gasteiger partial charge in [-0.2, -0.15) is 4.31 Å². The quantitative estimate of drug-likeness (QED) is 0.557. The highest BCUT2D eigenvalue weighted by atomic mass is 35.5. The van der Waals surface area contributed by atoms with Gasteiger partial charge in [0.1, 0.15) is 0 Å². The molecule has 30 heavy (non-hydrogen) atoms. The van der Waals surface area contributed by atoms with E-state index in [-0.39, 0.29) is 18.0 Å². The Labute approximate surface area is 182 Å². The van der Waals surface area contributed by atoms with Crippen LogP contribution in [0.1, 0.15) is 11.1 Å². The first kappa shape index (κ1) is 22.0. The van der Waals surface area contributed by atoms with Crippen LogP contribution in [-0.4, -0.2) is 31.7 Å². The van der Waals surface area contributed by atoms with E-state index in [0.29, 0.717) is 17.1 Å². The van der Waals surface area contributed by atoms with E-state index in [1.807, 2.05) is 37.3 Å². The van der Waals surface area contributed by atoms with Crippen LogP contribution in [-0.2, 0) is 21.2 Å². The highest BCUT2D eigenvalue weighted by Gasteiger charge is 2.26. The predicted octanol–water partition coefficient (Wildman–Crippen LogP) is 4.52. The molecule has 0 fully saturated rings. The number of aryl methyl sites for hydroxylation is 1. The number of benzene rings is 3. The summed E-state index contributed by atoms with van der Waals surface area (Å²) in [6.07, 6.45) is 0.497. The second kappa shape index (κ2) is 9.89. The summed E-state index contributed by atoms with van der Waals surface area (Å²) in [6.45, 7) is 1.75. The SMILES string of the molecule is Cc1ccc(NC(=O)CN(CCc2ccccc2)S(=O)(=O)c2ccccc2)cc1Cl. The minimum Gasteiger partial charge on any atom is -0.325 e. The summed E-state index contributed by atoms with van der Waals surface area (Å²) >= 11 is 6.12. The number of rotatable bonds is 8. The number of hydrogen-bond acceptors (Lipinski definition) is 3. The zero-order valence-electron chi connectivity index (χ0n) is 16.6. The van der Waals surface area contributed by atoms with Crippen LogP contribution in [0, 0.1) is 6.92 Å². The van der Waals surface area contributed by atoms with Crippen molar-refractivity contribution in [1.82, 2.24) is 4.31 Å². The first-order chi connectivity index (χ1) is 14.4. The van der Waals surface area contributed by atoms with Crippen molar-refractivity contribution in [2.45, 2.75) is 18.2 Å². The smallest absolute Gasteiger partial charge is 0.243 e. The molecule has 0 unspecified atom stereocenters. The number of carbonyl (C=O) groups excluding carboxylic acids is 1. The zero-order chi connectivity index (χ0) is 21.6. The van der Waals surface area contributed by atoms with Crippen molar-refractivity contribution in [3.8, 4) is 0 Å². The van der Waals surface area contributed by atoms with E-state index in [2.05, 4.69) is 5.32 Å². The predicted molar refractivity (Wildman–Crippen MR) is 120 cm³/mol. The van der Waals surface area contributed by atoms with Gasteiger partial charge >= 0.3 is 0 Å². The van der Waals surface area contributed by atoms with Crippen molar-refractivity contribution >= 4 is 33.2 Å². The largest absolute Gasteiger partial charge is 0.325 e. The lowest BCUT2D eigenvalue weighted by Gasteiger charge is -2.22. The van der Waals surface area contributed by atoms with Crippen LogP contribution in [0.25, 0.3) is 0 Å². The Morgan fingerprint density at radius 1 is 0.967 bits per heavy atom. The van der Waals surface area contributed by atoms with Crippen molar-refractivity contribution in [2.75, 3.05) is 18.4 Å². The summed E-state index contributed by atoms with van der Waals surface area (Å²) in [4.78, 5) is 12.8. The van der Waals surface area contributed by atoms with Gasteiger partial charge in [0.25, 0.3) is 0 Å². The molecule has 1 N–H and O–H groups in total. The number of nitrogens with zero attached hydrogens (tertiary/aromatic N) is 1. The van der Waals surface area contributed by atoms with Crippen LogP contribution in [0.15, 0.2) is 83.8 Å². The maximum absolute atomic E-state index is 13.2. The van der Waals surface area contributed by atoms with Crippen LogP contribution in [0.3, 0.4) is 0 Å². The van der Waals surface area contributed by atoms with Gasteiger partial charge in [-0.25, -0.2) is 8.42 Å². The van der Waals surface area contributed by atoms with Crippen LogP contribution in [0.4, 0.5) is 5.69 Å². The molecule has 0 saturated carbocycles. The molecular formula is C23H23ClN2O3S. The molecule has 3 aromatic carbocycles. The lowest BCUT2D eigenvalue weighted by atomic mass is 10.1. The Hall–Kier alpha value is -2.67. The van der Waals surface area contributed by atoms with Crippen molar-refractivity contribution < 1.29 is 13.2 Å². The standard InChI is InChI=1S/C23H23ClN2O3S/c1-18-12-13-20(16-22(18)24)25-23(27)17-26(15-14-19-8-4-2-5-9-19)30(28,29)21-10-6-3-7-11-21/h2-13,16H,14-15,17H2,1H3,(H,25,27). The zero-order valence-corrected chi connectivity index (χ0v) is 18.2. The molecule has 7 heteroatoms. The first-order valence-electron chi connectivity index (χ1n) is 9.51. The molecule has 0 spiro atoms. The van der Waals surface area contributed by atoms with E-state index in [0.717, 1.165) is 11.1 Å². The molecule has 0 radical (unpaired) electrons. The lowest BCUT2D eigenvalue weighted by Crippen LogP contribution is -2.39. The number of anilines is 1. The van der Waals surface area contributed by atoms with E-state index < -0.39 is 15.9 Å². The Balaban J connectivity index is 1.79. The maximum atomic E-state index is 13.2. The van der Waals surface area contributed by atoms with Gasteiger partial charge in [-0.3, -0.25) is 4.79 Å². The monoisotopic (exact) mass is 442 g/mol. The van der Waals surface area contributed by atoms with Crippen molar-refractivity contribution in [3.05, 3.63) is 95.0 Å². The van der Waals surface area contributed by atoms with Gasteiger partial charge in [-0.15, -0.1) is 0 Å². The van der Waals surface area contributed by atoms with Gasteiger partial charge in [0, 0.05) is 17.3 Å². The van der Waals surface area contributed by atoms with Gasteiger partial charge < -0.3 is 5.32 Å². The van der Waals surface area contributed by atoms with Crippen molar-refractivity contribution in [1.29, 1.82) is 0 Å². The Morgan fingerprint density at radius 2 is 1.60 bits per heavy atom. The minimum absolute atomic E-state index is 0.157. The third-order valence-electron chi connectivity index (χ3n) is 4.65. The minimum atomic E-state index is -3.83. The fourth-order valence-corrected chi connectivity index (χ4v) is 4.55. The van der Waals surface area contributed by atoms with Crippen molar-refractivity contribution in [3.63, 3.8) is 0 Å². The molecule has 0 bridgehead atoms. The third-order valence-corrected chi connectivity index (χ3v) is 6.92. The Bertz CT molecular complexity index is 1100. The molecule has 0 aromatic heterocycles. The molecule has 0 aliphatic carbocycles. The highest BCUT2D eigenvalue weighted by Crippen LogP contribution is 2.21. The van der Waals surface area contributed by atoms with Crippen LogP contribution in [0.5, 0.6) is 0 Å². The number of halogens is 1. The topological polar surface area (TPSA) is 66.5 Å². The van der Waals surface area contributed by atoms with Crippen molar-refractivity contribution in [2.24, 2.45) is 0 Å². The van der Waals surface area contributed by atoms with Gasteiger partial charge in [-0.1, -0.05) is 66.2 Å². The second-order valence-electron chi connectivity index (χ2n) is 6.90. The summed E-state index contributed by atoms with van der Waals surface area (Å²) in [7, 11) is -3.83. The second-order valence-corrected chi connectivity index (χ2v) is 9.24. The number of sulfonamides is 1. The fourth-order valence-electron chi connectivity index (χ4n) is 2.96. The Kier molecular flexibility index (Phi) is 7.26. The lowest BCUT2D eigenvalue weighted by molar-refractivity contribution is -0.116. The van der Waals surface area contributed by atoms with Gasteiger partial charge in [0.15, 0.2) is 0 Å². The number of hydrogen-bond donors (Lipinski definition) is 1. The molecule has 3 rings (SSSR count). The average molecular weight is 443 g/mol. The molecule has 156 valence electrons. The maximum Gasteiger partial charge on any atom is 0.243 e. The Morgan fingerprint density at radius 3 is 2.23 bits per heavy atom. The summed E-state index contributed by atoms with van der Waals surface area (Å²) < 4.78 is 27.5. The van der Waals surface area contributed by atoms with Gasteiger partial charge in [0.2, 0.25) is 15.9 Å². The molecule has 5 nitrogen and oxygen atoms in total. The molecule has 3 aromatic rings. The molecule has 0 aliphatic heterocycles. The van der Waals surface area contributed by atoms with E-state index in [4.69, 9.17) is 11.6 Å². The number of carbonyl (C=O) groups is 1. The summed E-state index contributed by atoms with van der Waals surface area (Å²) in [5, 5.41) is 3.27. The average Bonchev–Trinajstić information content (AvgIpc) is 2.75. The first-order valence-corrected chi connectivity index (χ1v) is 11.3. The molecule has 0 heterocycles.